The molecule has 0 heterocycles. The number of aliphatic hydroxyl groups is 1. The number of benzene rings is 2. The molecule has 2 aliphatic carbocycles. The number of urea groups is 1. The van der Waals surface area contributed by atoms with Crippen LogP contribution >= 0.6 is 0 Å². The Labute approximate surface area is 187 Å². The van der Waals surface area contributed by atoms with E-state index in [0.29, 0.717) is 29.7 Å². The minimum Gasteiger partial charge on any atom is -0.386 e. The molecule has 0 bridgehead atoms. The number of Topliss-reactive ketones (excluding diaryl/α,β-unsaturated/α-hetero) is 1. The lowest BCUT2D eigenvalue weighted by atomic mass is 9.98. The first kappa shape index (κ1) is 22.0. The number of fused-ring (bicyclic) bond motifs is 2. The quantitative estimate of drug-likeness (QED) is 0.482. The Morgan fingerprint density at radius 3 is 2.69 bits per heavy atom. The van der Waals surface area contributed by atoms with Gasteiger partial charge in [-0.1, -0.05) is 18.2 Å². The number of nitrogens with zero attached hydrogens (tertiary/aromatic N) is 2. The maximum atomic E-state index is 13.5. The number of rotatable bonds is 4. The number of hydrogen-bond donors (Lipinski definition) is 3. The largest absolute Gasteiger partial charge is 0.386 e. The summed E-state index contributed by atoms with van der Waals surface area (Å²) >= 11 is 0. The lowest BCUT2D eigenvalue weighted by Gasteiger charge is -2.19. The van der Waals surface area contributed by atoms with E-state index in [9.17, 15) is 18.9 Å². The number of carbonyl (C=O) groups is 2. The third-order valence-electron chi connectivity index (χ3n) is 5.87. The molecule has 0 saturated heterocycles. The van der Waals surface area contributed by atoms with Gasteiger partial charge >= 0.3 is 6.03 Å². The molecule has 2 amide bonds. The fraction of sp³-hybridized carbons (Fsp3) is 0.348. The maximum absolute atomic E-state index is 13.5. The molecule has 0 radical (unpaired) electrons. The molecule has 2 aromatic carbocycles. The molecule has 0 aromatic heterocycles. The third-order valence-corrected chi connectivity index (χ3v) is 7.53. The Morgan fingerprint density at radius 1 is 1.19 bits per heavy atom. The summed E-state index contributed by atoms with van der Waals surface area (Å²) in [6.45, 7) is 10.2. The van der Waals surface area contributed by atoms with Crippen LogP contribution in [-0.2, 0) is 34.8 Å². The Bertz CT molecular complexity index is 1290. The second-order valence-electron chi connectivity index (χ2n) is 8.55. The Balaban J connectivity index is 1.69. The van der Waals surface area contributed by atoms with E-state index in [1.54, 1.807) is 26.0 Å². The van der Waals surface area contributed by atoms with Gasteiger partial charge in [0.15, 0.2) is 10.3 Å². The monoisotopic (exact) mass is 452 g/mol. The predicted octanol–water partition coefficient (Wildman–Crippen LogP) is 3.93. The number of anilines is 1. The van der Waals surface area contributed by atoms with Crippen molar-refractivity contribution in [2.24, 2.45) is 4.47 Å². The highest BCUT2D eigenvalue weighted by atomic mass is 32.2. The average molecular weight is 453 g/mol. The molecular weight excluding hydrogens is 428 g/mol. The maximum Gasteiger partial charge on any atom is 0.332 e. The smallest absolute Gasteiger partial charge is 0.332 e. The van der Waals surface area contributed by atoms with E-state index in [2.05, 4.69) is 25.5 Å². The van der Waals surface area contributed by atoms with E-state index in [1.807, 2.05) is 0 Å². The van der Waals surface area contributed by atoms with Gasteiger partial charge in [-0.05, 0) is 73.9 Å². The second-order valence-corrected chi connectivity index (χ2v) is 10.4. The number of amides is 2. The standard InChI is InChI=1S/C23H24N4O4S/c1-23(2,30)16-7-5-8-17(13-16)32(31,27-24-3)26-22(29)25-21-18-9-4-6-14(18)12-15-10-11-19(28)20(15)21/h5,7-8,12-13,30H,4,6,9-11H2,1-2H3,(H2,25,26,27,29,31). The van der Waals surface area contributed by atoms with E-state index in [-0.39, 0.29) is 10.7 Å². The summed E-state index contributed by atoms with van der Waals surface area (Å²) in [5.41, 5.74) is 3.25. The normalized spacial score (nSPS) is 16.5. The van der Waals surface area contributed by atoms with E-state index in [4.69, 9.17) is 6.57 Å². The fourth-order valence-corrected chi connectivity index (χ4v) is 5.55. The van der Waals surface area contributed by atoms with Gasteiger partial charge in [-0.15, -0.1) is 4.95 Å². The molecule has 1 unspecified atom stereocenters. The molecule has 0 aliphatic heterocycles. The van der Waals surface area contributed by atoms with Crippen LogP contribution in [-0.4, -0.2) is 21.1 Å². The summed E-state index contributed by atoms with van der Waals surface area (Å²) in [5.74, 6) is -0.0190. The van der Waals surface area contributed by atoms with E-state index in [0.717, 1.165) is 36.0 Å². The van der Waals surface area contributed by atoms with Crippen molar-refractivity contribution in [2.45, 2.75) is 56.4 Å². The SMILES string of the molecule is [C-]#[N+]N=S(=O)(NC(=O)Nc1c2c(cc3c1C(=O)CC3)CCC2)c1cccc(C(C)(C)O)c1. The van der Waals surface area contributed by atoms with Crippen LogP contribution < -0.4 is 10.0 Å². The first-order valence-electron chi connectivity index (χ1n) is 10.4. The van der Waals surface area contributed by atoms with E-state index >= 15 is 0 Å². The van der Waals surface area contributed by atoms with E-state index < -0.39 is 21.5 Å². The molecule has 2 aromatic rings. The van der Waals surface area contributed by atoms with Gasteiger partial charge in [-0.25, -0.2) is 13.7 Å². The van der Waals surface area contributed by atoms with Crippen molar-refractivity contribution >= 4 is 27.4 Å². The second kappa shape index (κ2) is 8.04. The molecule has 2 aliphatic rings. The molecule has 0 fully saturated rings. The van der Waals surface area contributed by atoms with Gasteiger partial charge in [0.05, 0.1) is 16.2 Å². The summed E-state index contributed by atoms with van der Waals surface area (Å²) in [5, 5.41) is 13.0. The summed E-state index contributed by atoms with van der Waals surface area (Å²) in [4.78, 5) is 28.4. The number of ketones is 1. The van der Waals surface area contributed by atoms with Crippen LogP contribution in [0.1, 0.15) is 59.3 Å². The van der Waals surface area contributed by atoms with Crippen molar-refractivity contribution in [3.63, 3.8) is 0 Å². The Kier molecular flexibility index (Phi) is 5.53. The fourth-order valence-electron chi connectivity index (χ4n) is 4.33. The summed E-state index contributed by atoms with van der Waals surface area (Å²) in [6, 6.07) is 7.43. The molecule has 4 rings (SSSR count). The molecule has 8 nitrogen and oxygen atoms in total. The zero-order valence-electron chi connectivity index (χ0n) is 17.9. The van der Waals surface area contributed by atoms with Gasteiger partial charge in [0, 0.05) is 12.0 Å². The van der Waals surface area contributed by atoms with Crippen LogP contribution in [0.2, 0.25) is 0 Å². The summed E-state index contributed by atoms with van der Waals surface area (Å²) in [7, 11) is -3.65. The van der Waals surface area contributed by atoms with Crippen LogP contribution in [0.5, 0.6) is 0 Å². The zero-order chi connectivity index (χ0) is 23.1. The zero-order valence-corrected chi connectivity index (χ0v) is 18.7. The van der Waals surface area contributed by atoms with Crippen LogP contribution in [0.3, 0.4) is 0 Å². The van der Waals surface area contributed by atoms with Crippen molar-refractivity contribution in [3.8, 4) is 0 Å². The minimum absolute atomic E-state index is 0.0190. The highest BCUT2D eigenvalue weighted by Gasteiger charge is 2.31. The third kappa shape index (κ3) is 3.99. The van der Waals surface area contributed by atoms with Crippen molar-refractivity contribution in [3.05, 3.63) is 69.7 Å². The van der Waals surface area contributed by atoms with Gasteiger partial charge in [0.2, 0.25) is 9.92 Å². The number of aryl methyl sites for hydroxylation is 2. The molecule has 3 N–H and O–H groups in total. The Morgan fingerprint density at radius 2 is 1.97 bits per heavy atom. The topological polar surface area (TPSA) is 112 Å². The molecular formula is C23H24N4O4S. The summed E-state index contributed by atoms with van der Waals surface area (Å²) < 4.78 is 19.3. The number of nitrogens with one attached hydrogen (secondary N) is 2. The van der Waals surface area contributed by atoms with Crippen molar-refractivity contribution < 1.29 is 18.9 Å². The first-order chi connectivity index (χ1) is 15.1. The van der Waals surface area contributed by atoms with Crippen molar-refractivity contribution in [1.82, 2.24) is 4.72 Å². The van der Waals surface area contributed by atoms with E-state index in [1.165, 1.54) is 12.1 Å². The van der Waals surface area contributed by atoms with Crippen LogP contribution in [0.4, 0.5) is 10.5 Å². The van der Waals surface area contributed by atoms with Crippen LogP contribution in [0, 0.1) is 6.57 Å². The van der Waals surface area contributed by atoms with Gasteiger partial charge in [0.25, 0.3) is 0 Å². The molecule has 0 saturated carbocycles. The predicted molar refractivity (Wildman–Crippen MR) is 120 cm³/mol. The molecule has 9 heteroatoms. The minimum atomic E-state index is -3.65. The highest BCUT2D eigenvalue weighted by molar-refractivity contribution is 7.92. The van der Waals surface area contributed by atoms with Gasteiger partial charge in [-0.2, -0.15) is 6.57 Å². The molecule has 166 valence electrons. The lowest BCUT2D eigenvalue weighted by molar-refractivity contribution is 0.0783. The van der Waals surface area contributed by atoms with Gasteiger partial charge in [-0.3, -0.25) is 4.79 Å². The van der Waals surface area contributed by atoms with Crippen molar-refractivity contribution in [1.29, 1.82) is 0 Å². The van der Waals surface area contributed by atoms with Crippen molar-refractivity contribution in [2.75, 3.05) is 5.32 Å². The van der Waals surface area contributed by atoms with Gasteiger partial charge in [0.1, 0.15) is 0 Å². The molecule has 1 atom stereocenters. The number of carbonyl (C=O) groups excluding carboxylic acids is 2. The number of hydrogen-bond acceptors (Lipinski definition) is 5. The van der Waals surface area contributed by atoms with Gasteiger partial charge < -0.3 is 10.4 Å². The Hall–Kier alpha value is -3.22. The lowest BCUT2D eigenvalue weighted by Crippen LogP contribution is -2.35. The first-order valence-corrected chi connectivity index (χ1v) is 11.9. The molecule has 32 heavy (non-hydrogen) atoms. The van der Waals surface area contributed by atoms with Crippen LogP contribution in [0.15, 0.2) is 39.7 Å². The van der Waals surface area contributed by atoms with Crippen LogP contribution in [0.25, 0.3) is 4.95 Å². The highest BCUT2D eigenvalue weighted by Crippen LogP contribution is 2.38. The summed E-state index contributed by atoms with van der Waals surface area (Å²) in [6.07, 6.45) is 3.63. The molecule has 0 spiro atoms. The average Bonchev–Trinajstić information content (AvgIpc) is 3.34.